The fraction of sp³-hybridized carbons (Fsp3) is 0.524. The van der Waals surface area contributed by atoms with Crippen LogP contribution in [0.2, 0.25) is 0 Å². The molecule has 0 spiro atoms. The Kier molecular flexibility index (Phi) is 5.44. The minimum absolute atomic E-state index is 0.0390. The number of phenols is 1. The fourth-order valence-corrected chi connectivity index (χ4v) is 3.66. The van der Waals surface area contributed by atoms with Gasteiger partial charge < -0.3 is 28.8 Å². The van der Waals surface area contributed by atoms with Crippen molar-refractivity contribution >= 4 is 16.9 Å². The number of ether oxygens (including phenoxy) is 3. The van der Waals surface area contributed by atoms with Gasteiger partial charge in [0.1, 0.15) is 40.9 Å². The summed E-state index contributed by atoms with van der Waals surface area (Å²) in [6.45, 7) is 5.67. The molecule has 1 unspecified atom stereocenters. The average Bonchev–Trinajstić information content (AvgIpc) is 3.12. The van der Waals surface area contributed by atoms with Gasteiger partial charge in [0.25, 0.3) is 0 Å². The molecule has 0 amide bonds. The van der Waals surface area contributed by atoms with E-state index in [2.05, 4.69) is 0 Å². The lowest BCUT2D eigenvalue weighted by atomic mass is 9.96. The first kappa shape index (κ1) is 20.6. The molecule has 1 fully saturated rings. The Labute approximate surface area is 172 Å². The second-order valence-electron chi connectivity index (χ2n) is 8.17. The fourth-order valence-electron chi connectivity index (χ4n) is 3.66. The summed E-state index contributed by atoms with van der Waals surface area (Å²) in [7, 11) is 0. The summed E-state index contributed by atoms with van der Waals surface area (Å²) in [5.41, 5.74) is -0.960. The zero-order valence-electron chi connectivity index (χ0n) is 17.0. The average molecular weight is 419 g/mol. The highest BCUT2D eigenvalue weighted by Gasteiger charge is 2.37. The SMILES string of the molecule is CC(C)(O)C1Cc2c(cc3oc(COC(=O)CN4CCOCC4)cc(=O)c3c2O)O1. The summed E-state index contributed by atoms with van der Waals surface area (Å²) < 4.78 is 21.9. The van der Waals surface area contributed by atoms with Crippen molar-refractivity contribution in [2.75, 3.05) is 32.8 Å². The minimum atomic E-state index is -1.12. The molecule has 1 atom stereocenters. The van der Waals surface area contributed by atoms with Crippen molar-refractivity contribution in [1.29, 1.82) is 0 Å². The van der Waals surface area contributed by atoms with Crippen LogP contribution in [0.3, 0.4) is 0 Å². The van der Waals surface area contributed by atoms with Crippen LogP contribution in [0.4, 0.5) is 0 Å². The number of carbonyl (C=O) groups is 1. The smallest absolute Gasteiger partial charge is 0.320 e. The van der Waals surface area contributed by atoms with E-state index in [1.165, 1.54) is 12.1 Å². The van der Waals surface area contributed by atoms with Crippen molar-refractivity contribution in [2.24, 2.45) is 0 Å². The molecule has 1 aromatic heterocycles. The molecule has 9 nitrogen and oxygen atoms in total. The number of morpholine rings is 1. The Bertz CT molecular complexity index is 1020. The number of benzene rings is 1. The second-order valence-corrected chi connectivity index (χ2v) is 8.17. The van der Waals surface area contributed by atoms with Crippen molar-refractivity contribution < 1.29 is 33.6 Å². The molecule has 4 rings (SSSR count). The lowest BCUT2D eigenvalue weighted by Gasteiger charge is -2.25. The number of carbonyl (C=O) groups excluding carboxylic acids is 1. The van der Waals surface area contributed by atoms with E-state index in [9.17, 15) is 19.8 Å². The highest BCUT2D eigenvalue weighted by Crippen LogP contribution is 2.42. The van der Waals surface area contributed by atoms with E-state index >= 15 is 0 Å². The van der Waals surface area contributed by atoms with Gasteiger partial charge in [-0.15, -0.1) is 0 Å². The number of hydrogen-bond donors (Lipinski definition) is 2. The molecule has 2 aliphatic rings. The van der Waals surface area contributed by atoms with Crippen molar-refractivity contribution in [1.82, 2.24) is 4.90 Å². The van der Waals surface area contributed by atoms with E-state index in [0.29, 0.717) is 37.6 Å². The summed E-state index contributed by atoms with van der Waals surface area (Å²) in [5, 5.41) is 20.8. The Morgan fingerprint density at radius 1 is 1.30 bits per heavy atom. The quantitative estimate of drug-likeness (QED) is 0.683. The lowest BCUT2D eigenvalue weighted by Crippen LogP contribution is -2.40. The van der Waals surface area contributed by atoms with E-state index in [-0.39, 0.29) is 42.1 Å². The van der Waals surface area contributed by atoms with E-state index in [1.54, 1.807) is 13.8 Å². The van der Waals surface area contributed by atoms with Crippen molar-refractivity contribution in [3.05, 3.63) is 33.7 Å². The van der Waals surface area contributed by atoms with Crippen LogP contribution >= 0.6 is 0 Å². The van der Waals surface area contributed by atoms with E-state index in [0.717, 1.165) is 0 Å². The molecule has 0 radical (unpaired) electrons. The normalized spacial score (nSPS) is 19.5. The van der Waals surface area contributed by atoms with Gasteiger partial charge in [0, 0.05) is 37.2 Å². The summed E-state index contributed by atoms with van der Waals surface area (Å²) >= 11 is 0. The van der Waals surface area contributed by atoms with Gasteiger partial charge in [-0.1, -0.05) is 0 Å². The van der Waals surface area contributed by atoms with Gasteiger partial charge >= 0.3 is 5.97 Å². The van der Waals surface area contributed by atoms with Crippen LogP contribution in [0.5, 0.6) is 11.5 Å². The zero-order valence-corrected chi connectivity index (χ0v) is 17.0. The molecule has 0 aliphatic carbocycles. The first-order valence-corrected chi connectivity index (χ1v) is 9.88. The molecule has 2 aromatic rings. The number of rotatable bonds is 5. The Balaban J connectivity index is 1.52. The van der Waals surface area contributed by atoms with E-state index in [1.807, 2.05) is 4.90 Å². The van der Waals surface area contributed by atoms with Gasteiger partial charge in [0.15, 0.2) is 5.43 Å². The predicted molar refractivity (Wildman–Crippen MR) is 106 cm³/mol. The highest BCUT2D eigenvalue weighted by atomic mass is 16.5. The summed E-state index contributed by atoms with van der Waals surface area (Å²) in [4.78, 5) is 26.6. The minimum Gasteiger partial charge on any atom is -0.507 e. The molecule has 0 saturated carbocycles. The summed E-state index contributed by atoms with van der Waals surface area (Å²) in [6, 6.07) is 2.73. The molecule has 30 heavy (non-hydrogen) atoms. The maximum absolute atomic E-state index is 12.6. The number of aromatic hydroxyl groups is 1. The summed E-state index contributed by atoms with van der Waals surface area (Å²) in [6.07, 6.45) is -0.271. The molecule has 162 valence electrons. The van der Waals surface area contributed by atoms with Crippen LogP contribution in [0.15, 0.2) is 21.3 Å². The van der Waals surface area contributed by atoms with Gasteiger partial charge in [-0.25, -0.2) is 0 Å². The molecule has 3 heterocycles. The monoisotopic (exact) mass is 419 g/mol. The zero-order chi connectivity index (χ0) is 21.5. The van der Waals surface area contributed by atoms with Gasteiger partial charge in [0.05, 0.1) is 25.4 Å². The maximum Gasteiger partial charge on any atom is 0.320 e. The third kappa shape index (κ3) is 4.14. The molecule has 1 aromatic carbocycles. The Hall–Kier alpha value is -2.62. The highest BCUT2D eigenvalue weighted by molar-refractivity contribution is 5.87. The standard InChI is InChI=1S/C21H25NO8/c1-21(2,26)17-8-13-15(30-17)9-16-19(20(13)25)14(23)7-12(29-16)11-28-18(24)10-22-3-5-27-6-4-22/h7,9,17,25-26H,3-6,8,10-11H2,1-2H3. The van der Waals surface area contributed by atoms with E-state index in [4.69, 9.17) is 18.6 Å². The number of hydrogen-bond acceptors (Lipinski definition) is 9. The van der Waals surface area contributed by atoms with Crippen LogP contribution in [0.1, 0.15) is 25.2 Å². The molecule has 2 N–H and O–H groups in total. The van der Waals surface area contributed by atoms with E-state index < -0.39 is 23.1 Å². The van der Waals surface area contributed by atoms with Crippen LogP contribution in [-0.2, 0) is 27.3 Å². The van der Waals surface area contributed by atoms with Crippen LogP contribution < -0.4 is 10.2 Å². The molecule has 9 heteroatoms. The first-order chi connectivity index (χ1) is 14.2. The van der Waals surface area contributed by atoms with Crippen LogP contribution in [0.25, 0.3) is 11.0 Å². The number of phenolic OH excluding ortho intramolecular Hbond substituents is 1. The molecular weight excluding hydrogens is 394 g/mol. The number of fused-ring (bicyclic) bond motifs is 2. The molecule has 0 bridgehead atoms. The van der Waals surface area contributed by atoms with Gasteiger partial charge in [-0.3, -0.25) is 14.5 Å². The van der Waals surface area contributed by atoms with Gasteiger partial charge in [0.2, 0.25) is 0 Å². The lowest BCUT2D eigenvalue weighted by molar-refractivity contribution is -0.147. The Morgan fingerprint density at radius 2 is 2.03 bits per heavy atom. The van der Waals surface area contributed by atoms with Crippen molar-refractivity contribution in [3.63, 3.8) is 0 Å². The maximum atomic E-state index is 12.6. The van der Waals surface area contributed by atoms with Gasteiger partial charge in [-0.2, -0.15) is 0 Å². The first-order valence-electron chi connectivity index (χ1n) is 9.88. The largest absolute Gasteiger partial charge is 0.507 e. The molecular formula is C21H25NO8. The number of aliphatic hydroxyl groups is 1. The molecule has 1 saturated heterocycles. The second kappa shape index (κ2) is 7.90. The molecule has 2 aliphatic heterocycles. The van der Waals surface area contributed by atoms with Crippen LogP contribution in [0, 0.1) is 0 Å². The topological polar surface area (TPSA) is 119 Å². The van der Waals surface area contributed by atoms with Crippen molar-refractivity contribution in [3.8, 4) is 11.5 Å². The third-order valence-electron chi connectivity index (χ3n) is 5.39. The summed E-state index contributed by atoms with van der Waals surface area (Å²) in [5.74, 6) is -0.109. The Morgan fingerprint density at radius 3 is 2.73 bits per heavy atom. The number of esters is 1. The van der Waals surface area contributed by atoms with Crippen LogP contribution in [-0.4, -0.2) is 65.6 Å². The third-order valence-corrected chi connectivity index (χ3v) is 5.39. The predicted octanol–water partition coefficient (Wildman–Crippen LogP) is 0.948. The van der Waals surface area contributed by atoms with Crippen molar-refractivity contribution in [2.45, 2.75) is 38.6 Å². The number of nitrogens with zero attached hydrogens (tertiary/aromatic N) is 1. The van der Waals surface area contributed by atoms with Gasteiger partial charge in [-0.05, 0) is 13.8 Å².